The molecule has 9 heteroatoms. The number of hydrogen-bond acceptors (Lipinski definition) is 3. The Labute approximate surface area is 114 Å². The van der Waals surface area contributed by atoms with Crippen LogP contribution in [0, 0.1) is 0 Å². The molecule has 0 aliphatic carbocycles. The first-order chi connectivity index (χ1) is 9.61. The average molecular weight is 310 g/mol. The summed E-state index contributed by atoms with van der Waals surface area (Å²) in [5, 5.41) is 3.45. The maximum absolute atomic E-state index is 12.7. The fraction of sp³-hybridized carbons (Fsp3) is 0.333. The molecule has 1 heterocycles. The second kappa shape index (κ2) is 5.05. The van der Waals surface area contributed by atoms with E-state index >= 15 is 0 Å². The molecule has 114 valence electrons. The van der Waals surface area contributed by atoms with Gasteiger partial charge in [-0.05, 0) is 18.2 Å². The van der Waals surface area contributed by atoms with E-state index in [1.54, 1.807) is 6.92 Å². The smallest absolute Gasteiger partial charge is 0.334 e. The van der Waals surface area contributed by atoms with Gasteiger partial charge in [-0.1, -0.05) is 12.1 Å². The second-order valence-electron chi connectivity index (χ2n) is 4.16. The molecule has 0 unspecified atom stereocenters. The SMILES string of the molecule is CCc1noc(-c2cc(C(F)(F)F)cc(C(F)(F)F)c2)n1. The van der Waals surface area contributed by atoms with Gasteiger partial charge in [-0.3, -0.25) is 0 Å². The van der Waals surface area contributed by atoms with Crippen molar-refractivity contribution in [1.29, 1.82) is 0 Å². The Hall–Kier alpha value is -2.06. The summed E-state index contributed by atoms with van der Waals surface area (Å²) in [7, 11) is 0. The highest BCUT2D eigenvalue weighted by atomic mass is 19.4. The Bertz CT molecular complexity index is 612. The van der Waals surface area contributed by atoms with Crippen LogP contribution in [0.3, 0.4) is 0 Å². The molecule has 0 N–H and O–H groups in total. The number of hydrogen-bond donors (Lipinski definition) is 0. The minimum Gasteiger partial charge on any atom is -0.334 e. The van der Waals surface area contributed by atoms with Crippen LogP contribution in [-0.4, -0.2) is 10.1 Å². The zero-order valence-corrected chi connectivity index (χ0v) is 10.5. The minimum atomic E-state index is -4.91. The molecule has 0 amide bonds. The van der Waals surface area contributed by atoms with Gasteiger partial charge < -0.3 is 4.52 Å². The molecule has 0 aliphatic heterocycles. The molecule has 0 atom stereocenters. The van der Waals surface area contributed by atoms with Crippen LogP contribution < -0.4 is 0 Å². The summed E-state index contributed by atoms with van der Waals surface area (Å²) in [5.41, 5.74) is -3.28. The van der Waals surface area contributed by atoms with Crippen molar-refractivity contribution in [2.75, 3.05) is 0 Å². The largest absolute Gasteiger partial charge is 0.416 e. The third-order valence-corrected chi connectivity index (χ3v) is 2.62. The number of aromatic nitrogens is 2. The molecule has 0 spiro atoms. The number of rotatable bonds is 2. The summed E-state index contributed by atoms with van der Waals surface area (Å²) in [6.45, 7) is 1.67. The molecule has 0 saturated carbocycles. The third-order valence-electron chi connectivity index (χ3n) is 2.62. The van der Waals surface area contributed by atoms with Gasteiger partial charge in [0.1, 0.15) is 0 Å². The highest BCUT2D eigenvalue weighted by Crippen LogP contribution is 2.38. The Morgan fingerprint density at radius 2 is 1.48 bits per heavy atom. The number of alkyl halides is 6. The summed E-state index contributed by atoms with van der Waals surface area (Å²) in [6, 6.07) is 1.13. The van der Waals surface area contributed by atoms with Crippen LogP contribution in [0.15, 0.2) is 22.7 Å². The molecular formula is C12H8F6N2O. The quantitative estimate of drug-likeness (QED) is 0.775. The molecule has 0 radical (unpaired) electrons. The van der Waals surface area contributed by atoms with Gasteiger partial charge in [-0.25, -0.2) is 0 Å². The van der Waals surface area contributed by atoms with E-state index in [9.17, 15) is 26.3 Å². The van der Waals surface area contributed by atoms with Crippen LogP contribution in [-0.2, 0) is 18.8 Å². The van der Waals surface area contributed by atoms with Crippen molar-refractivity contribution < 1.29 is 30.9 Å². The Balaban J connectivity index is 2.60. The van der Waals surface area contributed by atoms with Gasteiger partial charge in [0.25, 0.3) is 5.89 Å². The monoisotopic (exact) mass is 310 g/mol. The van der Waals surface area contributed by atoms with Gasteiger partial charge in [0.15, 0.2) is 5.82 Å². The van der Waals surface area contributed by atoms with Gasteiger partial charge in [0.05, 0.1) is 11.1 Å². The molecule has 0 saturated heterocycles. The minimum absolute atomic E-state index is 0.0423. The topological polar surface area (TPSA) is 38.9 Å². The summed E-state index contributed by atoms with van der Waals surface area (Å²) in [6.07, 6.45) is -9.48. The molecule has 0 bridgehead atoms. The van der Waals surface area contributed by atoms with Crippen molar-refractivity contribution in [1.82, 2.24) is 10.1 Å². The maximum Gasteiger partial charge on any atom is 0.416 e. The number of halogens is 6. The first-order valence-electron chi connectivity index (χ1n) is 5.73. The molecule has 21 heavy (non-hydrogen) atoms. The summed E-state index contributed by atoms with van der Waals surface area (Å²) in [5.74, 6) is -0.195. The van der Waals surface area contributed by atoms with Crippen LogP contribution in [0.25, 0.3) is 11.5 Å². The van der Waals surface area contributed by atoms with E-state index in [0.717, 1.165) is 0 Å². The number of nitrogens with zero attached hydrogens (tertiary/aromatic N) is 2. The van der Waals surface area contributed by atoms with E-state index in [2.05, 4.69) is 14.7 Å². The summed E-state index contributed by atoms with van der Waals surface area (Å²) < 4.78 is 80.8. The lowest BCUT2D eigenvalue weighted by atomic mass is 10.0. The van der Waals surface area contributed by atoms with Gasteiger partial charge in [0.2, 0.25) is 0 Å². The zero-order valence-electron chi connectivity index (χ0n) is 10.5. The molecule has 1 aromatic heterocycles. The maximum atomic E-state index is 12.7. The first kappa shape index (κ1) is 15.3. The molecule has 1 aromatic carbocycles. The second-order valence-corrected chi connectivity index (χ2v) is 4.16. The zero-order chi connectivity index (χ0) is 15.8. The molecular weight excluding hydrogens is 302 g/mol. The normalized spacial score (nSPS) is 12.7. The first-order valence-corrected chi connectivity index (χ1v) is 5.73. The van der Waals surface area contributed by atoms with Gasteiger partial charge in [-0.15, -0.1) is 0 Å². The highest BCUT2D eigenvalue weighted by molar-refractivity contribution is 5.57. The number of aryl methyl sites for hydroxylation is 1. The van der Waals surface area contributed by atoms with Gasteiger partial charge in [-0.2, -0.15) is 31.3 Å². The lowest BCUT2D eigenvalue weighted by Gasteiger charge is -2.12. The van der Waals surface area contributed by atoms with Gasteiger partial charge >= 0.3 is 12.4 Å². The summed E-state index contributed by atoms with van der Waals surface area (Å²) >= 11 is 0. The van der Waals surface area contributed by atoms with Crippen LogP contribution in [0.4, 0.5) is 26.3 Å². The third kappa shape index (κ3) is 3.34. The summed E-state index contributed by atoms with van der Waals surface area (Å²) in [4.78, 5) is 3.73. The predicted molar refractivity (Wildman–Crippen MR) is 59.1 cm³/mol. The van der Waals surface area contributed by atoms with E-state index in [1.807, 2.05) is 0 Å². The predicted octanol–water partition coefficient (Wildman–Crippen LogP) is 4.34. The van der Waals surface area contributed by atoms with Crippen molar-refractivity contribution >= 4 is 0 Å². The Morgan fingerprint density at radius 1 is 0.952 bits per heavy atom. The van der Waals surface area contributed by atoms with Crippen molar-refractivity contribution in [3.05, 3.63) is 35.2 Å². The van der Waals surface area contributed by atoms with E-state index in [0.29, 0.717) is 18.6 Å². The number of benzene rings is 1. The van der Waals surface area contributed by atoms with Crippen LogP contribution in [0.2, 0.25) is 0 Å². The molecule has 2 aromatic rings. The van der Waals surface area contributed by atoms with E-state index in [4.69, 9.17) is 0 Å². The fourth-order valence-electron chi connectivity index (χ4n) is 1.59. The van der Waals surface area contributed by atoms with Crippen molar-refractivity contribution in [2.24, 2.45) is 0 Å². The van der Waals surface area contributed by atoms with Crippen molar-refractivity contribution in [2.45, 2.75) is 25.7 Å². The fourth-order valence-corrected chi connectivity index (χ4v) is 1.59. The Morgan fingerprint density at radius 3 is 1.86 bits per heavy atom. The van der Waals surface area contributed by atoms with Crippen molar-refractivity contribution in [3.8, 4) is 11.5 Å². The van der Waals surface area contributed by atoms with Crippen LogP contribution in [0.5, 0.6) is 0 Å². The van der Waals surface area contributed by atoms with Crippen LogP contribution in [0.1, 0.15) is 23.9 Å². The van der Waals surface area contributed by atoms with E-state index in [1.165, 1.54) is 0 Å². The molecule has 0 aliphatic rings. The van der Waals surface area contributed by atoms with E-state index < -0.39 is 29.0 Å². The average Bonchev–Trinajstić information content (AvgIpc) is 2.85. The lowest BCUT2D eigenvalue weighted by molar-refractivity contribution is -0.143. The van der Waals surface area contributed by atoms with Crippen LogP contribution >= 0.6 is 0 Å². The standard InChI is InChI=1S/C12H8F6N2O/c1-2-9-19-10(21-20-9)6-3-7(11(13,14)15)5-8(4-6)12(16,17)18/h3-5H,2H2,1H3. The highest BCUT2D eigenvalue weighted by Gasteiger charge is 2.37. The van der Waals surface area contributed by atoms with Gasteiger partial charge in [0, 0.05) is 12.0 Å². The Kier molecular flexibility index (Phi) is 3.68. The van der Waals surface area contributed by atoms with Crippen molar-refractivity contribution in [3.63, 3.8) is 0 Å². The molecule has 2 rings (SSSR count). The van der Waals surface area contributed by atoms with E-state index in [-0.39, 0.29) is 17.8 Å². The lowest BCUT2D eigenvalue weighted by Crippen LogP contribution is -2.11. The molecule has 0 fully saturated rings. The molecule has 3 nitrogen and oxygen atoms in total.